The summed E-state index contributed by atoms with van der Waals surface area (Å²) in [7, 11) is 0. The second kappa shape index (κ2) is 6.33. The standard InChI is InChI=1S/C20H15N3O3/c24-20-15-10-4-6-12-17(15)21-19(22(20)14-8-2-1-3-9-14)16-11-5-7-13-18(16)23(25)26/h1-13,19,21H/t19-/m0/s1. The third kappa shape index (κ3) is 2.57. The van der Waals surface area contributed by atoms with Crippen molar-refractivity contribution >= 4 is 23.0 Å². The Labute approximate surface area is 149 Å². The van der Waals surface area contributed by atoms with E-state index in [-0.39, 0.29) is 11.6 Å². The van der Waals surface area contributed by atoms with Gasteiger partial charge in [-0.2, -0.15) is 0 Å². The zero-order valence-electron chi connectivity index (χ0n) is 13.7. The Balaban J connectivity index is 1.92. The van der Waals surface area contributed by atoms with Crippen LogP contribution in [0.3, 0.4) is 0 Å². The van der Waals surface area contributed by atoms with Gasteiger partial charge in [0.25, 0.3) is 11.6 Å². The van der Waals surface area contributed by atoms with Crippen molar-refractivity contribution in [2.75, 3.05) is 10.2 Å². The highest BCUT2D eigenvalue weighted by molar-refractivity contribution is 6.12. The number of anilines is 2. The van der Waals surface area contributed by atoms with Crippen molar-refractivity contribution in [3.05, 3.63) is 100 Å². The average Bonchev–Trinajstić information content (AvgIpc) is 2.68. The highest BCUT2D eigenvalue weighted by Gasteiger charge is 2.36. The van der Waals surface area contributed by atoms with Gasteiger partial charge in [-0.25, -0.2) is 0 Å². The molecule has 1 N–H and O–H groups in total. The molecule has 128 valence electrons. The number of nitro groups is 1. The molecule has 1 atom stereocenters. The zero-order chi connectivity index (χ0) is 18.1. The molecule has 1 aliphatic rings. The van der Waals surface area contributed by atoms with Gasteiger partial charge < -0.3 is 5.32 Å². The third-order valence-corrected chi connectivity index (χ3v) is 4.39. The molecule has 1 amide bonds. The summed E-state index contributed by atoms with van der Waals surface area (Å²) in [6.07, 6.45) is -0.679. The van der Waals surface area contributed by atoms with E-state index in [1.54, 1.807) is 41.3 Å². The van der Waals surface area contributed by atoms with Crippen molar-refractivity contribution in [1.82, 2.24) is 0 Å². The number of para-hydroxylation sites is 3. The smallest absolute Gasteiger partial charge is 0.276 e. The summed E-state index contributed by atoms with van der Waals surface area (Å²) in [5, 5.41) is 14.8. The van der Waals surface area contributed by atoms with E-state index >= 15 is 0 Å². The molecular formula is C20H15N3O3. The maximum atomic E-state index is 13.2. The van der Waals surface area contributed by atoms with Crippen molar-refractivity contribution in [1.29, 1.82) is 0 Å². The number of carbonyl (C=O) groups excluding carboxylic acids is 1. The molecule has 1 heterocycles. The molecule has 26 heavy (non-hydrogen) atoms. The molecule has 0 fully saturated rings. The summed E-state index contributed by atoms with van der Waals surface area (Å²) in [6.45, 7) is 0. The minimum Gasteiger partial charge on any atom is -0.360 e. The van der Waals surface area contributed by atoms with Crippen molar-refractivity contribution in [2.24, 2.45) is 0 Å². The first-order chi connectivity index (χ1) is 12.7. The predicted octanol–water partition coefficient (Wildman–Crippen LogP) is 4.37. The van der Waals surface area contributed by atoms with Crippen LogP contribution < -0.4 is 10.2 Å². The molecule has 1 aliphatic heterocycles. The Bertz CT molecular complexity index is 988. The van der Waals surface area contributed by atoms with E-state index in [0.717, 1.165) is 0 Å². The maximum absolute atomic E-state index is 13.2. The van der Waals surface area contributed by atoms with Gasteiger partial charge in [-0.3, -0.25) is 19.8 Å². The number of hydrogen-bond acceptors (Lipinski definition) is 4. The molecule has 0 radical (unpaired) electrons. The molecule has 0 aliphatic carbocycles. The monoisotopic (exact) mass is 345 g/mol. The lowest BCUT2D eigenvalue weighted by Gasteiger charge is -2.37. The molecule has 3 aromatic carbocycles. The fourth-order valence-electron chi connectivity index (χ4n) is 3.21. The Hall–Kier alpha value is -3.67. The van der Waals surface area contributed by atoms with Gasteiger partial charge in [-0.05, 0) is 30.3 Å². The predicted molar refractivity (Wildman–Crippen MR) is 99.2 cm³/mol. The van der Waals surface area contributed by atoms with Gasteiger partial charge in [0.1, 0.15) is 6.17 Å². The first kappa shape index (κ1) is 15.8. The van der Waals surface area contributed by atoms with E-state index in [9.17, 15) is 14.9 Å². The van der Waals surface area contributed by atoms with Crippen LogP contribution in [0.4, 0.5) is 17.1 Å². The molecule has 0 spiro atoms. The molecule has 4 rings (SSSR count). The molecule has 0 saturated carbocycles. The van der Waals surface area contributed by atoms with E-state index in [1.807, 2.05) is 36.4 Å². The van der Waals surface area contributed by atoms with Crippen molar-refractivity contribution < 1.29 is 9.72 Å². The number of rotatable bonds is 3. The lowest BCUT2D eigenvalue weighted by atomic mass is 10.0. The van der Waals surface area contributed by atoms with Gasteiger partial charge in [0.15, 0.2) is 0 Å². The van der Waals surface area contributed by atoms with Crippen LogP contribution in [0.25, 0.3) is 0 Å². The fourth-order valence-corrected chi connectivity index (χ4v) is 3.21. The summed E-state index contributed by atoms with van der Waals surface area (Å²) in [5.41, 5.74) is 2.27. The number of nitrogens with one attached hydrogen (secondary N) is 1. The van der Waals surface area contributed by atoms with Crippen LogP contribution in [0.1, 0.15) is 22.1 Å². The summed E-state index contributed by atoms with van der Waals surface area (Å²) < 4.78 is 0. The van der Waals surface area contributed by atoms with Crippen molar-refractivity contribution in [2.45, 2.75) is 6.17 Å². The summed E-state index contributed by atoms with van der Waals surface area (Å²) in [5.74, 6) is -0.200. The second-order valence-corrected chi connectivity index (χ2v) is 5.92. The normalized spacial score (nSPS) is 15.9. The SMILES string of the molecule is O=C1c2ccccc2N[C@H](c2ccccc2[N+](=O)[O-])N1c1ccccc1. The number of benzene rings is 3. The quantitative estimate of drug-likeness (QED) is 0.565. The van der Waals surface area contributed by atoms with Gasteiger partial charge in [0.05, 0.1) is 16.1 Å². The Morgan fingerprint density at radius 3 is 2.31 bits per heavy atom. The van der Waals surface area contributed by atoms with E-state index in [4.69, 9.17) is 0 Å². The van der Waals surface area contributed by atoms with E-state index in [2.05, 4.69) is 5.32 Å². The maximum Gasteiger partial charge on any atom is 0.276 e. The summed E-state index contributed by atoms with van der Waals surface area (Å²) in [6, 6.07) is 22.8. The zero-order valence-corrected chi connectivity index (χ0v) is 13.7. The van der Waals surface area contributed by atoms with Crippen molar-refractivity contribution in [3.63, 3.8) is 0 Å². The Morgan fingerprint density at radius 2 is 1.54 bits per heavy atom. The molecule has 6 heteroatoms. The average molecular weight is 345 g/mol. The molecule has 6 nitrogen and oxygen atoms in total. The number of nitro benzene ring substituents is 1. The molecule has 0 bridgehead atoms. The van der Waals surface area contributed by atoms with E-state index in [0.29, 0.717) is 22.5 Å². The number of fused-ring (bicyclic) bond motifs is 1. The van der Waals surface area contributed by atoms with Crippen LogP contribution in [-0.2, 0) is 0 Å². The molecule has 0 aromatic heterocycles. The highest BCUT2D eigenvalue weighted by Crippen LogP contribution is 2.39. The van der Waals surface area contributed by atoms with Gasteiger partial charge in [-0.15, -0.1) is 0 Å². The third-order valence-electron chi connectivity index (χ3n) is 4.39. The lowest BCUT2D eigenvalue weighted by Crippen LogP contribution is -2.43. The Kier molecular flexibility index (Phi) is 3.85. The lowest BCUT2D eigenvalue weighted by molar-refractivity contribution is -0.385. The van der Waals surface area contributed by atoms with Crippen LogP contribution >= 0.6 is 0 Å². The number of amides is 1. The molecular weight excluding hydrogens is 330 g/mol. The van der Waals surface area contributed by atoms with Crippen LogP contribution in [0.2, 0.25) is 0 Å². The van der Waals surface area contributed by atoms with Crippen LogP contribution in [-0.4, -0.2) is 10.8 Å². The van der Waals surface area contributed by atoms with Crippen LogP contribution in [0, 0.1) is 10.1 Å². The van der Waals surface area contributed by atoms with E-state index < -0.39 is 11.1 Å². The highest BCUT2D eigenvalue weighted by atomic mass is 16.6. The van der Waals surface area contributed by atoms with Crippen molar-refractivity contribution in [3.8, 4) is 0 Å². The summed E-state index contributed by atoms with van der Waals surface area (Å²) in [4.78, 5) is 25.8. The number of hydrogen-bond donors (Lipinski definition) is 1. The minimum atomic E-state index is -0.679. The van der Waals surface area contributed by atoms with Gasteiger partial charge >= 0.3 is 0 Å². The Morgan fingerprint density at radius 1 is 0.885 bits per heavy atom. The minimum absolute atomic E-state index is 0.0295. The van der Waals surface area contributed by atoms with Gasteiger partial charge in [0.2, 0.25) is 0 Å². The first-order valence-corrected chi connectivity index (χ1v) is 8.14. The van der Waals surface area contributed by atoms with Gasteiger partial charge in [0, 0.05) is 17.4 Å². The number of carbonyl (C=O) groups is 1. The summed E-state index contributed by atoms with van der Waals surface area (Å²) >= 11 is 0. The first-order valence-electron chi connectivity index (χ1n) is 8.14. The largest absolute Gasteiger partial charge is 0.360 e. The topological polar surface area (TPSA) is 75.5 Å². The fraction of sp³-hybridized carbons (Fsp3) is 0.0500. The molecule has 0 saturated heterocycles. The van der Waals surface area contributed by atoms with Crippen LogP contribution in [0.5, 0.6) is 0 Å². The molecule has 3 aromatic rings. The molecule has 0 unspecified atom stereocenters. The van der Waals surface area contributed by atoms with Crippen LogP contribution in [0.15, 0.2) is 78.9 Å². The second-order valence-electron chi connectivity index (χ2n) is 5.92. The van der Waals surface area contributed by atoms with E-state index in [1.165, 1.54) is 6.07 Å². The number of nitrogens with zero attached hydrogens (tertiary/aromatic N) is 2. The van der Waals surface area contributed by atoms with Gasteiger partial charge in [-0.1, -0.05) is 42.5 Å².